The van der Waals surface area contributed by atoms with Gasteiger partial charge in [-0.2, -0.15) is 31.4 Å². The molecule has 0 saturated carbocycles. The van der Waals surface area contributed by atoms with Crippen LogP contribution in [0, 0.1) is 5.92 Å². The summed E-state index contributed by atoms with van der Waals surface area (Å²) in [6.45, 7) is 0.834. The Kier molecular flexibility index (Phi) is 5.58. The van der Waals surface area contributed by atoms with Gasteiger partial charge in [0, 0.05) is 49.5 Å². The number of hydrogen-bond donors (Lipinski definition) is 1. The van der Waals surface area contributed by atoms with Crippen LogP contribution in [-0.4, -0.2) is 35.0 Å². The minimum atomic E-state index is -4.58. The Morgan fingerprint density at radius 1 is 1.10 bits per heavy atom. The quantitative estimate of drug-likeness (QED) is 0.605. The van der Waals surface area contributed by atoms with Crippen molar-refractivity contribution in [1.29, 1.82) is 0 Å². The first-order valence-corrected chi connectivity index (χ1v) is 8.53. The lowest BCUT2D eigenvalue weighted by Crippen LogP contribution is -2.41. The number of carbonyl (C=O) groups excluding carboxylic acids is 1. The normalized spacial score (nSPS) is 17.4. The van der Waals surface area contributed by atoms with Gasteiger partial charge in [0.2, 0.25) is 5.91 Å². The third kappa shape index (κ3) is 5.30. The second-order valence-electron chi connectivity index (χ2n) is 6.51. The van der Waals surface area contributed by atoms with Gasteiger partial charge in [0.15, 0.2) is 0 Å². The number of anilines is 2. The average molecular weight is 418 g/mol. The second kappa shape index (κ2) is 7.80. The number of benzene rings is 1. The van der Waals surface area contributed by atoms with E-state index >= 15 is 0 Å². The lowest BCUT2D eigenvalue weighted by Gasteiger charge is -2.35. The summed E-state index contributed by atoms with van der Waals surface area (Å²) >= 11 is 0. The molecule has 1 atom stereocenters. The van der Waals surface area contributed by atoms with Gasteiger partial charge in [-0.25, -0.2) is 4.68 Å². The fraction of sp³-hybridized carbons (Fsp3) is 0.333. The number of aromatic nitrogens is 2. The minimum Gasteiger partial charge on any atom is -0.352 e. The molecule has 156 valence electrons. The Morgan fingerprint density at radius 2 is 1.79 bits per heavy atom. The van der Waals surface area contributed by atoms with E-state index in [9.17, 15) is 31.1 Å². The SMILES string of the molecule is O=C(/C=C/C(F)(F)F)NCC1CN(c2ccc(C(F)(F)F)cc2)c2ccnn2C1. The molecule has 29 heavy (non-hydrogen) atoms. The topological polar surface area (TPSA) is 50.2 Å². The van der Waals surface area contributed by atoms with Crippen molar-refractivity contribution in [3.63, 3.8) is 0 Å². The van der Waals surface area contributed by atoms with Crippen LogP contribution in [0.25, 0.3) is 0 Å². The zero-order valence-electron chi connectivity index (χ0n) is 14.8. The summed E-state index contributed by atoms with van der Waals surface area (Å²) in [5.74, 6) is -0.424. The smallest absolute Gasteiger partial charge is 0.352 e. The van der Waals surface area contributed by atoms with Crippen LogP contribution in [0.5, 0.6) is 0 Å². The molecule has 0 aliphatic carbocycles. The molecule has 3 rings (SSSR count). The van der Waals surface area contributed by atoms with Gasteiger partial charge in [0.1, 0.15) is 5.82 Å². The van der Waals surface area contributed by atoms with Crippen LogP contribution >= 0.6 is 0 Å². The van der Waals surface area contributed by atoms with Crippen molar-refractivity contribution in [3.8, 4) is 0 Å². The summed E-state index contributed by atoms with van der Waals surface area (Å²) in [5, 5.41) is 6.56. The summed E-state index contributed by atoms with van der Waals surface area (Å²) in [6, 6.07) is 6.34. The van der Waals surface area contributed by atoms with E-state index in [-0.39, 0.29) is 18.5 Å². The number of nitrogens with one attached hydrogen (secondary N) is 1. The highest BCUT2D eigenvalue weighted by Gasteiger charge is 2.31. The van der Waals surface area contributed by atoms with Gasteiger partial charge in [-0.05, 0) is 24.3 Å². The highest BCUT2D eigenvalue weighted by Crippen LogP contribution is 2.34. The molecule has 1 N–H and O–H groups in total. The molecular weight excluding hydrogens is 402 g/mol. The van der Waals surface area contributed by atoms with Crippen molar-refractivity contribution in [2.45, 2.75) is 18.9 Å². The van der Waals surface area contributed by atoms with E-state index in [0.717, 1.165) is 12.1 Å². The molecule has 1 amide bonds. The minimum absolute atomic E-state index is 0.0808. The largest absolute Gasteiger partial charge is 0.416 e. The maximum absolute atomic E-state index is 12.8. The number of alkyl halides is 6. The molecule has 1 aliphatic rings. The predicted octanol–water partition coefficient (Wildman–Crippen LogP) is 3.90. The number of carbonyl (C=O) groups is 1. The van der Waals surface area contributed by atoms with Crippen molar-refractivity contribution >= 4 is 17.4 Å². The first kappa shape index (κ1) is 20.7. The van der Waals surface area contributed by atoms with Crippen molar-refractivity contribution in [1.82, 2.24) is 15.1 Å². The molecule has 1 unspecified atom stereocenters. The number of rotatable bonds is 4. The van der Waals surface area contributed by atoms with Crippen LogP contribution in [0.4, 0.5) is 37.8 Å². The average Bonchev–Trinajstić information content (AvgIpc) is 3.11. The Balaban J connectivity index is 1.71. The predicted molar refractivity (Wildman–Crippen MR) is 92.4 cm³/mol. The molecule has 0 radical (unpaired) electrons. The zero-order valence-corrected chi connectivity index (χ0v) is 14.8. The van der Waals surface area contributed by atoms with Crippen LogP contribution in [0.3, 0.4) is 0 Å². The van der Waals surface area contributed by atoms with Gasteiger partial charge < -0.3 is 10.2 Å². The maximum atomic E-state index is 12.8. The van der Waals surface area contributed by atoms with Gasteiger partial charge in [-0.15, -0.1) is 0 Å². The molecule has 11 heteroatoms. The Hall–Kier alpha value is -2.98. The first-order chi connectivity index (χ1) is 13.5. The van der Waals surface area contributed by atoms with Gasteiger partial charge in [0.05, 0.1) is 11.8 Å². The second-order valence-corrected chi connectivity index (χ2v) is 6.51. The lowest BCUT2D eigenvalue weighted by atomic mass is 10.1. The van der Waals surface area contributed by atoms with E-state index in [1.54, 1.807) is 21.8 Å². The summed E-state index contributed by atoms with van der Waals surface area (Å²) in [7, 11) is 0. The van der Waals surface area contributed by atoms with E-state index < -0.39 is 23.8 Å². The van der Waals surface area contributed by atoms with Gasteiger partial charge in [-0.1, -0.05) is 0 Å². The molecule has 1 aromatic carbocycles. The van der Waals surface area contributed by atoms with E-state index in [0.29, 0.717) is 30.7 Å². The Bertz CT molecular complexity index is 885. The molecule has 0 bridgehead atoms. The van der Waals surface area contributed by atoms with Crippen LogP contribution in [0.1, 0.15) is 5.56 Å². The van der Waals surface area contributed by atoms with E-state index in [2.05, 4.69) is 10.4 Å². The molecule has 0 spiro atoms. The van der Waals surface area contributed by atoms with Crippen LogP contribution in [0.15, 0.2) is 48.7 Å². The molecule has 5 nitrogen and oxygen atoms in total. The molecule has 2 aromatic rings. The van der Waals surface area contributed by atoms with Crippen LogP contribution in [-0.2, 0) is 17.5 Å². The molecule has 1 aromatic heterocycles. The van der Waals surface area contributed by atoms with Crippen molar-refractivity contribution in [2.75, 3.05) is 18.0 Å². The van der Waals surface area contributed by atoms with Crippen molar-refractivity contribution in [3.05, 3.63) is 54.2 Å². The molecule has 0 fully saturated rings. The number of halogens is 6. The lowest BCUT2D eigenvalue weighted by molar-refractivity contribution is -0.137. The van der Waals surface area contributed by atoms with Crippen molar-refractivity contribution in [2.24, 2.45) is 5.92 Å². The fourth-order valence-corrected chi connectivity index (χ4v) is 3.02. The molecular formula is C18H16F6N4O. The van der Waals surface area contributed by atoms with E-state index in [1.807, 2.05) is 0 Å². The number of amides is 1. The monoisotopic (exact) mass is 418 g/mol. The summed E-state index contributed by atoms with van der Waals surface area (Å²) in [5.41, 5.74) is -0.264. The number of fused-ring (bicyclic) bond motifs is 1. The van der Waals surface area contributed by atoms with E-state index in [4.69, 9.17) is 0 Å². The number of nitrogens with zero attached hydrogens (tertiary/aromatic N) is 3. The van der Waals surface area contributed by atoms with Gasteiger partial charge >= 0.3 is 12.4 Å². The van der Waals surface area contributed by atoms with Crippen molar-refractivity contribution < 1.29 is 31.1 Å². The Labute approximate surface area is 161 Å². The van der Waals surface area contributed by atoms with E-state index in [1.165, 1.54) is 12.1 Å². The number of hydrogen-bond acceptors (Lipinski definition) is 3. The Morgan fingerprint density at radius 3 is 2.41 bits per heavy atom. The maximum Gasteiger partial charge on any atom is 0.416 e. The van der Waals surface area contributed by atoms with Crippen LogP contribution in [0.2, 0.25) is 0 Å². The number of allylic oxidation sites excluding steroid dienone is 1. The zero-order chi connectivity index (χ0) is 21.2. The summed E-state index contributed by atoms with van der Waals surface area (Å²) < 4.78 is 76.4. The fourth-order valence-electron chi connectivity index (χ4n) is 3.02. The molecule has 0 saturated heterocycles. The summed E-state index contributed by atoms with van der Waals surface area (Å²) in [6.07, 6.45) is -7.22. The standard InChI is InChI=1S/C18H16F6N4O/c19-17(20,21)7-5-15(29)25-9-12-10-27(16-6-8-26-28(16)11-12)14-3-1-13(2-4-14)18(22,23)24/h1-8,12H,9-11H2,(H,25,29)/b7-5+. The highest BCUT2D eigenvalue weighted by atomic mass is 19.4. The summed E-state index contributed by atoms with van der Waals surface area (Å²) in [4.78, 5) is 13.3. The third-order valence-electron chi connectivity index (χ3n) is 4.34. The molecule has 2 heterocycles. The van der Waals surface area contributed by atoms with Crippen LogP contribution < -0.4 is 10.2 Å². The van der Waals surface area contributed by atoms with Gasteiger partial charge in [-0.3, -0.25) is 4.79 Å². The highest BCUT2D eigenvalue weighted by molar-refractivity contribution is 5.87. The molecule has 1 aliphatic heterocycles. The third-order valence-corrected chi connectivity index (χ3v) is 4.34. The first-order valence-electron chi connectivity index (χ1n) is 8.53. The van der Waals surface area contributed by atoms with Gasteiger partial charge in [0.25, 0.3) is 0 Å².